The van der Waals surface area contributed by atoms with Gasteiger partial charge in [0, 0.05) is 0 Å². The van der Waals surface area contributed by atoms with Crippen molar-refractivity contribution in [3.8, 4) is 0 Å². The molecule has 0 saturated heterocycles. The lowest BCUT2D eigenvalue weighted by molar-refractivity contribution is 0.254. The van der Waals surface area contributed by atoms with Gasteiger partial charge in [0.15, 0.2) is 0 Å². The van der Waals surface area contributed by atoms with Crippen LogP contribution in [0.4, 0.5) is 0 Å². The summed E-state index contributed by atoms with van der Waals surface area (Å²) >= 11 is 0. The molecule has 0 aliphatic carbocycles. The fourth-order valence-electron chi connectivity index (χ4n) is 8.58. The predicted molar refractivity (Wildman–Crippen MR) is 246 cm³/mol. The molecule has 0 atom stereocenters. The maximum absolute atomic E-state index is 2.88. The number of rotatable bonds is 48. The first kappa shape index (κ1) is 53.0. The predicted octanol–water partition coefficient (Wildman–Crippen LogP) is 19.1. The molecule has 0 heterocycles. The van der Waals surface area contributed by atoms with Crippen molar-refractivity contribution in [3.63, 3.8) is 0 Å². The molecular formula is C52H107N. The lowest BCUT2D eigenvalue weighted by Gasteiger charge is -2.22. The maximum Gasteiger partial charge on any atom is -0.00187 e. The van der Waals surface area contributed by atoms with Gasteiger partial charge in [0.2, 0.25) is 0 Å². The van der Waals surface area contributed by atoms with E-state index >= 15 is 0 Å². The molecule has 0 aromatic rings. The molecule has 0 aliphatic rings. The van der Waals surface area contributed by atoms with E-state index in [4.69, 9.17) is 0 Å². The summed E-state index contributed by atoms with van der Waals surface area (Å²) in [5.41, 5.74) is 0. The summed E-state index contributed by atoms with van der Waals surface area (Å²) in [6, 6.07) is 0. The van der Waals surface area contributed by atoms with Crippen molar-refractivity contribution >= 4 is 0 Å². The van der Waals surface area contributed by atoms with E-state index in [0.717, 1.165) is 5.92 Å². The number of hydrogen-bond acceptors (Lipinski definition) is 1. The van der Waals surface area contributed by atoms with E-state index in [-0.39, 0.29) is 0 Å². The molecule has 320 valence electrons. The zero-order valence-electron chi connectivity index (χ0n) is 38.3. The molecule has 0 amide bonds. The maximum atomic E-state index is 2.88. The Balaban J connectivity index is 3.95. The van der Waals surface area contributed by atoms with E-state index < -0.39 is 0 Å². The van der Waals surface area contributed by atoms with Gasteiger partial charge in [0.05, 0.1) is 0 Å². The molecule has 0 N–H and O–H groups in total. The molecule has 0 saturated carbocycles. The topological polar surface area (TPSA) is 3.24 Å². The van der Waals surface area contributed by atoms with E-state index in [9.17, 15) is 0 Å². The van der Waals surface area contributed by atoms with E-state index in [1.54, 1.807) is 0 Å². The molecule has 0 aromatic heterocycles. The lowest BCUT2D eigenvalue weighted by Crippen LogP contribution is -2.27. The Morgan fingerprint density at radius 1 is 0.226 bits per heavy atom. The Bertz CT molecular complexity index is 578. The molecule has 0 aliphatic heterocycles. The fourth-order valence-corrected chi connectivity index (χ4v) is 8.58. The molecule has 0 unspecified atom stereocenters. The van der Waals surface area contributed by atoms with Gasteiger partial charge in [0.1, 0.15) is 0 Å². The van der Waals surface area contributed by atoms with Gasteiger partial charge in [-0.3, -0.25) is 0 Å². The van der Waals surface area contributed by atoms with E-state index in [1.807, 2.05) is 0 Å². The molecule has 1 nitrogen and oxygen atoms in total. The third kappa shape index (κ3) is 48.0. The number of nitrogens with zero attached hydrogens (tertiary/aromatic N) is 1. The zero-order valence-corrected chi connectivity index (χ0v) is 38.3. The Labute approximate surface area is 339 Å². The van der Waals surface area contributed by atoms with E-state index in [2.05, 4.69) is 32.6 Å². The highest BCUT2D eigenvalue weighted by Crippen LogP contribution is 2.17. The molecule has 0 radical (unpaired) electrons. The normalized spacial score (nSPS) is 11.9. The van der Waals surface area contributed by atoms with Crippen molar-refractivity contribution in [1.82, 2.24) is 4.90 Å². The number of unbranched alkanes of at least 4 members (excludes halogenated alkanes) is 40. The second-order valence-electron chi connectivity index (χ2n) is 18.5. The van der Waals surface area contributed by atoms with Crippen LogP contribution in [0.5, 0.6) is 0 Å². The monoisotopic (exact) mass is 746 g/mol. The summed E-state index contributed by atoms with van der Waals surface area (Å²) < 4.78 is 0. The quantitative estimate of drug-likeness (QED) is 0.0561. The first-order valence-electron chi connectivity index (χ1n) is 25.9. The van der Waals surface area contributed by atoms with Crippen LogP contribution in [0.25, 0.3) is 0 Å². The Morgan fingerprint density at radius 2 is 0.396 bits per heavy atom. The van der Waals surface area contributed by atoms with Crippen molar-refractivity contribution in [2.24, 2.45) is 5.92 Å². The van der Waals surface area contributed by atoms with E-state index in [1.165, 1.54) is 302 Å². The van der Waals surface area contributed by atoms with Crippen LogP contribution in [-0.2, 0) is 0 Å². The van der Waals surface area contributed by atoms with Crippen LogP contribution in [0.3, 0.4) is 0 Å². The fraction of sp³-hybridized carbons (Fsp3) is 1.00. The summed E-state index contributed by atoms with van der Waals surface area (Å²) in [7, 11) is 0. The standard InChI is InChI=1S/C52H107N/c1-5-7-9-11-13-15-17-19-21-25-29-33-37-41-45-49-53(50-46-42-38-34-30-26-22-20-18-16-14-12-10-8-6-2)51-47-43-39-35-31-27-23-24-28-32-36-40-44-48-52(3)4/h52H,5-51H2,1-4H3. The van der Waals surface area contributed by atoms with Gasteiger partial charge in [0.25, 0.3) is 0 Å². The summed E-state index contributed by atoms with van der Waals surface area (Å²) in [5, 5.41) is 0. The Morgan fingerprint density at radius 3 is 0.585 bits per heavy atom. The molecular weight excluding hydrogens is 639 g/mol. The molecule has 0 bridgehead atoms. The number of hydrogen-bond donors (Lipinski definition) is 0. The van der Waals surface area contributed by atoms with Gasteiger partial charge in [-0.05, 0) is 44.8 Å². The van der Waals surface area contributed by atoms with Crippen molar-refractivity contribution in [2.45, 2.75) is 310 Å². The van der Waals surface area contributed by atoms with Crippen LogP contribution < -0.4 is 0 Å². The van der Waals surface area contributed by atoms with Crippen molar-refractivity contribution < 1.29 is 0 Å². The van der Waals surface area contributed by atoms with Crippen LogP contribution in [0.15, 0.2) is 0 Å². The minimum absolute atomic E-state index is 0.890. The third-order valence-electron chi connectivity index (χ3n) is 12.4. The average molecular weight is 746 g/mol. The van der Waals surface area contributed by atoms with Gasteiger partial charge in [-0.1, -0.05) is 291 Å². The van der Waals surface area contributed by atoms with Gasteiger partial charge in [-0.25, -0.2) is 0 Å². The first-order chi connectivity index (χ1) is 26.2. The molecule has 1 heteroatoms. The summed E-state index contributed by atoms with van der Waals surface area (Å²) in [4.78, 5) is 2.88. The largest absolute Gasteiger partial charge is 0.303 e. The summed E-state index contributed by atoms with van der Waals surface area (Å²) in [5.74, 6) is 0.890. The van der Waals surface area contributed by atoms with Crippen LogP contribution in [0.1, 0.15) is 310 Å². The zero-order chi connectivity index (χ0) is 38.4. The molecule has 0 fully saturated rings. The molecule has 0 aromatic carbocycles. The van der Waals surface area contributed by atoms with Crippen LogP contribution >= 0.6 is 0 Å². The Hall–Kier alpha value is -0.0400. The van der Waals surface area contributed by atoms with Gasteiger partial charge >= 0.3 is 0 Å². The van der Waals surface area contributed by atoms with Crippen molar-refractivity contribution in [3.05, 3.63) is 0 Å². The first-order valence-corrected chi connectivity index (χ1v) is 25.9. The van der Waals surface area contributed by atoms with Gasteiger partial charge in [-0.2, -0.15) is 0 Å². The smallest absolute Gasteiger partial charge is 0.00187 e. The average Bonchev–Trinajstić information content (AvgIpc) is 3.15. The van der Waals surface area contributed by atoms with Crippen LogP contribution in [-0.4, -0.2) is 24.5 Å². The van der Waals surface area contributed by atoms with Crippen molar-refractivity contribution in [1.29, 1.82) is 0 Å². The third-order valence-corrected chi connectivity index (χ3v) is 12.4. The molecule has 0 rings (SSSR count). The SMILES string of the molecule is CCCCCCCCCCCCCCCCCN(CCCCCCCCCCCCCCCCC)CCCCCCCCCCCCCCCC(C)C. The van der Waals surface area contributed by atoms with Crippen LogP contribution in [0, 0.1) is 5.92 Å². The van der Waals surface area contributed by atoms with E-state index in [0.29, 0.717) is 0 Å². The minimum atomic E-state index is 0.890. The van der Waals surface area contributed by atoms with Gasteiger partial charge < -0.3 is 4.90 Å². The van der Waals surface area contributed by atoms with Gasteiger partial charge in [-0.15, -0.1) is 0 Å². The second kappa shape index (κ2) is 48.1. The minimum Gasteiger partial charge on any atom is -0.303 e. The summed E-state index contributed by atoms with van der Waals surface area (Å²) in [6.07, 6.45) is 64.6. The summed E-state index contributed by atoms with van der Waals surface area (Å²) in [6.45, 7) is 13.5. The Kier molecular flexibility index (Phi) is 48.1. The lowest BCUT2D eigenvalue weighted by atomic mass is 10.0. The highest BCUT2D eigenvalue weighted by Gasteiger charge is 2.06. The second-order valence-corrected chi connectivity index (χ2v) is 18.5. The molecule has 0 spiro atoms. The molecule has 53 heavy (non-hydrogen) atoms. The highest BCUT2D eigenvalue weighted by atomic mass is 15.1. The van der Waals surface area contributed by atoms with Crippen LogP contribution in [0.2, 0.25) is 0 Å². The highest BCUT2D eigenvalue weighted by molar-refractivity contribution is 4.61. The van der Waals surface area contributed by atoms with Crippen molar-refractivity contribution in [2.75, 3.05) is 19.6 Å².